The minimum Gasteiger partial charge on any atom is -0.480 e. The van der Waals surface area contributed by atoms with Gasteiger partial charge in [0.15, 0.2) is 0 Å². The number of benzene rings is 1. The number of carboxylic acids is 1. The van der Waals surface area contributed by atoms with E-state index in [2.05, 4.69) is 20.6 Å². The van der Waals surface area contributed by atoms with Crippen LogP contribution in [-0.2, 0) is 14.4 Å². The highest BCUT2D eigenvalue weighted by Gasteiger charge is 2.63. The molecule has 4 unspecified atom stereocenters. The summed E-state index contributed by atoms with van der Waals surface area (Å²) in [7, 11) is 0. The zero-order chi connectivity index (χ0) is 27.6. The summed E-state index contributed by atoms with van der Waals surface area (Å²) in [6.45, 7) is 5.46. The van der Waals surface area contributed by atoms with Crippen LogP contribution in [0.3, 0.4) is 0 Å². The number of hydrogen-bond acceptors (Lipinski definition) is 7. The molecule has 2 fully saturated rings. The highest BCUT2D eigenvalue weighted by molar-refractivity contribution is 8.01. The average molecular weight is 538 g/mol. The number of aliphatic carboxylic acids is 1. The first-order chi connectivity index (χ1) is 18.1. The quantitative estimate of drug-likeness (QED) is 0.273. The molecule has 2 aliphatic heterocycles. The van der Waals surface area contributed by atoms with Gasteiger partial charge in [0.25, 0.3) is 5.91 Å². The van der Waals surface area contributed by atoms with E-state index in [4.69, 9.17) is 5.11 Å². The maximum Gasteiger partial charge on any atom is 0.327 e. The third-order valence-electron chi connectivity index (χ3n) is 6.45. The van der Waals surface area contributed by atoms with Gasteiger partial charge in [0.1, 0.15) is 28.5 Å². The Balaban J connectivity index is 0.000000186. The normalized spacial score (nSPS) is 21.8. The molecule has 12 heteroatoms. The van der Waals surface area contributed by atoms with Gasteiger partial charge in [0, 0.05) is 17.1 Å². The second-order valence-corrected chi connectivity index (χ2v) is 11.2. The van der Waals surface area contributed by atoms with Crippen molar-refractivity contribution in [2.75, 3.05) is 0 Å². The predicted octanol–water partition coefficient (Wildman–Crippen LogP) is 1.66. The fraction of sp³-hybridized carbons (Fsp3) is 0.308. The van der Waals surface area contributed by atoms with Crippen molar-refractivity contribution in [3.8, 4) is 0 Å². The van der Waals surface area contributed by atoms with Crippen molar-refractivity contribution in [2.45, 2.75) is 49.0 Å². The Kier molecular flexibility index (Phi) is 7.53. The zero-order valence-corrected chi connectivity index (χ0v) is 21.7. The number of fused-ring (bicyclic) bond motifs is 2. The molecular formula is C26H27N5O6S. The summed E-state index contributed by atoms with van der Waals surface area (Å²) in [5.41, 5.74) is 1.55. The van der Waals surface area contributed by atoms with Crippen LogP contribution in [-0.4, -0.2) is 66.4 Å². The largest absolute Gasteiger partial charge is 0.480 e. The van der Waals surface area contributed by atoms with Gasteiger partial charge >= 0.3 is 5.97 Å². The third kappa shape index (κ3) is 4.99. The molecule has 5 rings (SSSR count). The fourth-order valence-corrected chi connectivity index (χ4v) is 6.19. The van der Waals surface area contributed by atoms with Crippen LogP contribution in [0, 0.1) is 0 Å². The first kappa shape index (κ1) is 26.9. The number of thioether (sulfide) groups is 1. The summed E-state index contributed by atoms with van der Waals surface area (Å²) < 4.78 is -0.536. The van der Waals surface area contributed by atoms with Crippen LogP contribution in [0.2, 0.25) is 0 Å². The van der Waals surface area contributed by atoms with Crippen molar-refractivity contribution in [3.05, 3.63) is 76.2 Å². The monoisotopic (exact) mass is 537 g/mol. The van der Waals surface area contributed by atoms with Gasteiger partial charge in [0.05, 0.1) is 11.6 Å². The van der Waals surface area contributed by atoms with Gasteiger partial charge in [-0.2, -0.15) is 0 Å². The minimum absolute atomic E-state index is 0.0639. The molecule has 11 nitrogen and oxygen atoms in total. The molecule has 2 aromatic heterocycles. The van der Waals surface area contributed by atoms with E-state index in [1.807, 2.05) is 37.3 Å². The number of H-pyrrole nitrogens is 1. The molecule has 2 saturated heterocycles. The summed E-state index contributed by atoms with van der Waals surface area (Å²) in [6, 6.07) is 11.5. The van der Waals surface area contributed by atoms with Crippen LogP contribution in [0.4, 0.5) is 0 Å². The van der Waals surface area contributed by atoms with E-state index in [-0.39, 0.29) is 33.8 Å². The van der Waals surface area contributed by atoms with Gasteiger partial charge in [-0.1, -0.05) is 30.3 Å². The Hall–Kier alpha value is -4.19. The van der Waals surface area contributed by atoms with Gasteiger partial charge in [-0.3, -0.25) is 24.2 Å². The number of rotatable bonds is 6. The molecule has 0 radical (unpaired) electrons. The number of nitrogens with zero attached hydrogens (tertiary/aromatic N) is 2. The Morgan fingerprint density at radius 2 is 1.89 bits per heavy atom. The first-order valence-electron chi connectivity index (χ1n) is 11.8. The maximum atomic E-state index is 12.3. The van der Waals surface area contributed by atoms with Crippen LogP contribution >= 0.6 is 11.8 Å². The Morgan fingerprint density at radius 3 is 2.55 bits per heavy atom. The number of carbonyl (C=O) groups is 4. The van der Waals surface area contributed by atoms with Crippen molar-refractivity contribution in [2.24, 2.45) is 0 Å². The van der Waals surface area contributed by atoms with E-state index in [9.17, 15) is 24.0 Å². The third-order valence-corrected chi connectivity index (χ3v) is 8.03. The Morgan fingerprint density at radius 1 is 1.18 bits per heavy atom. The summed E-state index contributed by atoms with van der Waals surface area (Å²) >= 11 is 1.41. The number of amides is 3. The molecule has 2 aliphatic rings. The van der Waals surface area contributed by atoms with E-state index >= 15 is 0 Å². The zero-order valence-electron chi connectivity index (χ0n) is 20.9. The van der Waals surface area contributed by atoms with Gasteiger partial charge in [-0.15, -0.1) is 11.8 Å². The summed E-state index contributed by atoms with van der Waals surface area (Å²) in [5.74, 6) is -1.73. The first-order valence-corrected chi connectivity index (χ1v) is 12.7. The lowest BCUT2D eigenvalue weighted by atomic mass is 9.96. The van der Waals surface area contributed by atoms with Crippen molar-refractivity contribution < 1.29 is 24.3 Å². The molecule has 0 aliphatic carbocycles. The number of nitrogens with one attached hydrogen (secondary N) is 3. The molecular weight excluding hydrogens is 510 g/mol. The molecule has 4 heterocycles. The summed E-state index contributed by atoms with van der Waals surface area (Å²) in [5, 5.41) is 14.1. The molecule has 198 valence electrons. The van der Waals surface area contributed by atoms with Crippen molar-refractivity contribution in [1.82, 2.24) is 25.5 Å². The molecule has 0 saturated carbocycles. The lowest BCUT2D eigenvalue weighted by Crippen LogP contribution is -2.69. The average Bonchev–Trinajstić information content (AvgIpc) is 3.16. The van der Waals surface area contributed by atoms with Gasteiger partial charge in [-0.25, -0.2) is 4.79 Å². The fourth-order valence-electron chi connectivity index (χ4n) is 4.55. The maximum absolute atomic E-state index is 12.3. The smallest absolute Gasteiger partial charge is 0.327 e. The van der Waals surface area contributed by atoms with E-state index in [0.29, 0.717) is 11.9 Å². The van der Waals surface area contributed by atoms with E-state index in [1.165, 1.54) is 29.1 Å². The van der Waals surface area contributed by atoms with Crippen LogP contribution in [0.5, 0.6) is 0 Å². The SMILES string of the molecule is CC(NC(=O)c1c[nH]c2cccnc2c1=O)c1ccccc1.CC1(C)SC2C(NC=O)C(=O)N2C1C(=O)O. The van der Waals surface area contributed by atoms with Crippen LogP contribution < -0.4 is 16.1 Å². The van der Waals surface area contributed by atoms with Crippen molar-refractivity contribution >= 4 is 47.0 Å². The highest BCUT2D eigenvalue weighted by atomic mass is 32.2. The lowest BCUT2D eigenvalue weighted by molar-refractivity contribution is -0.160. The van der Waals surface area contributed by atoms with Gasteiger partial charge in [0.2, 0.25) is 17.7 Å². The van der Waals surface area contributed by atoms with E-state index in [1.54, 1.807) is 26.0 Å². The molecule has 3 amide bonds. The molecule has 0 spiro atoms. The number of pyridine rings is 2. The number of aromatic nitrogens is 2. The second kappa shape index (κ2) is 10.7. The molecule has 3 aromatic rings. The molecule has 1 aromatic carbocycles. The van der Waals surface area contributed by atoms with Gasteiger partial charge in [-0.05, 0) is 38.5 Å². The van der Waals surface area contributed by atoms with Crippen molar-refractivity contribution in [3.63, 3.8) is 0 Å². The predicted molar refractivity (Wildman–Crippen MR) is 141 cm³/mol. The standard InChI is InChI=1S/C17H15N3O2.C9H12N2O4S/c1-11(12-6-3-2-4-7-12)20-17(22)13-10-19-14-8-5-9-18-15(14)16(13)21;1-9(2)5(8(14)15)11-6(13)4(10-3-12)7(11)16-9/h2-11H,1H3,(H,19,21)(H,20,22);3-5,7H,1-2H3,(H,10,12)(H,14,15). The number of carboxylic acid groups (broad SMARTS) is 1. The Bertz CT molecular complexity index is 1440. The van der Waals surface area contributed by atoms with Gasteiger partial charge < -0.3 is 25.6 Å². The van der Waals surface area contributed by atoms with Crippen LogP contribution in [0.1, 0.15) is 42.7 Å². The number of β-lactam (4-membered cyclic amide) rings is 1. The summed E-state index contributed by atoms with van der Waals surface area (Å²) in [4.78, 5) is 66.1. The van der Waals surface area contributed by atoms with E-state index in [0.717, 1.165) is 5.56 Å². The summed E-state index contributed by atoms with van der Waals surface area (Å²) in [6.07, 6.45) is 3.44. The molecule has 0 bridgehead atoms. The number of hydrogen-bond donors (Lipinski definition) is 4. The molecule has 4 atom stereocenters. The highest BCUT2D eigenvalue weighted by Crippen LogP contribution is 2.50. The van der Waals surface area contributed by atoms with Crippen LogP contribution in [0.25, 0.3) is 11.0 Å². The number of aromatic amines is 1. The molecule has 4 N–H and O–H groups in total. The topological polar surface area (TPSA) is 162 Å². The molecule has 38 heavy (non-hydrogen) atoms. The Labute approximate surface area is 222 Å². The minimum atomic E-state index is -1.00. The lowest BCUT2D eigenvalue weighted by Gasteiger charge is -2.42. The number of carbonyl (C=O) groups excluding carboxylic acids is 3. The van der Waals surface area contributed by atoms with Crippen LogP contribution in [0.15, 0.2) is 59.7 Å². The van der Waals surface area contributed by atoms with E-state index < -0.39 is 28.7 Å². The second-order valence-electron chi connectivity index (χ2n) is 9.40. The van der Waals surface area contributed by atoms with Crippen molar-refractivity contribution in [1.29, 1.82) is 0 Å².